The van der Waals surface area contributed by atoms with Gasteiger partial charge in [0.25, 0.3) is 0 Å². The van der Waals surface area contributed by atoms with Crippen molar-refractivity contribution in [2.45, 2.75) is 25.9 Å². The number of oxime groups is 2. The number of ether oxygens (including phenoxy) is 1. The maximum Gasteiger partial charge on any atom is 0.360 e. The molecule has 1 heterocycles. The van der Waals surface area contributed by atoms with Crippen molar-refractivity contribution in [2.24, 2.45) is 16.2 Å². The van der Waals surface area contributed by atoms with Crippen LogP contribution in [-0.2, 0) is 25.8 Å². The van der Waals surface area contributed by atoms with E-state index in [4.69, 9.17) is 14.4 Å². The second-order valence-electron chi connectivity index (χ2n) is 6.24. The Morgan fingerprint density at radius 2 is 2.00 bits per heavy atom. The van der Waals surface area contributed by atoms with Crippen molar-refractivity contribution in [2.75, 3.05) is 14.2 Å². The molecule has 0 N–H and O–H groups in total. The molecule has 2 aromatic rings. The number of carbonyl (C=O) groups excluding carboxylic acids is 1. The van der Waals surface area contributed by atoms with Crippen molar-refractivity contribution in [1.82, 2.24) is 0 Å². The second kappa shape index (κ2) is 8.81. The van der Waals surface area contributed by atoms with Crippen molar-refractivity contribution < 1.29 is 19.2 Å². The van der Waals surface area contributed by atoms with Crippen LogP contribution in [0, 0.1) is 5.92 Å². The van der Waals surface area contributed by atoms with Crippen molar-refractivity contribution >= 4 is 28.7 Å². The van der Waals surface area contributed by atoms with Gasteiger partial charge in [0.2, 0.25) is 0 Å². The number of rotatable bonds is 8. The summed E-state index contributed by atoms with van der Waals surface area (Å²) in [5.74, 6) is 0.435. The van der Waals surface area contributed by atoms with Crippen LogP contribution in [0.2, 0.25) is 0 Å². The summed E-state index contributed by atoms with van der Waals surface area (Å²) in [6.07, 6.45) is 1.11. The van der Waals surface area contributed by atoms with Crippen molar-refractivity contribution in [3.63, 3.8) is 0 Å². The highest BCUT2D eigenvalue weighted by molar-refractivity contribution is 7.10. The van der Waals surface area contributed by atoms with Crippen LogP contribution in [0.4, 0.5) is 0 Å². The van der Waals surface area contributed by atoms with Crippen molar-refractivity contribution in [3.05, 3.63) is 57.8 Å². The van der Waals surface area contributed by atoms with Gasteiger partial charge in [-0.1, -0.05) is 40.6 Å². The molecule has 6 nitrogen and oxygen atoms in total. The highest BCUT2D eigenvalue weighted by Gasteiger charge is 2.41. The van der Waals surface area contributed by atoms with Crippen molar-refractivity contribution in [1.29, 1.82) is 0 Å². The Bertz CT molecular complexity index is 845. The summed E-state index contributed by atoms with van der Waals surface area (Å²) < 4.78 is 4.79. The highest BCUT2D eigenvalue weighted by atomic mass is 32.1. The van der Waals surface area contributed by atoms with Crippen LogP contribution in [0.3, 0.4) is 0 Å². The third-order valence-electron chi connectivity index (χ3n) is 4.50. The third kappa shape index (κ3) is 4.54. The molecular formula is C20H22N2O4S. The van der Waals surface area contributed by atoms with E-state index < -0.39 is 5.97 Å². The largest absolute Gasteiger partial charge is 0.464 e. The van der Waals surface area contributed by atoms with Gasteiger partial charge in [-0.3, -0.25) is 0 Å². The topological polar surface area (TPSA) is 69.5 Å². The minimum absolute atomic E-state index is 0.0971. The first kappa shape index (κ1) is 19.1. The molecule has 1 aromatic heterocycles. The lowest BCUT2D eigenvalue weighted by Crippen LogP contribution is -2.19. The highest BCUT2D eigenvalue weighted by Crippen LogP contribution is 2.49. The SMILES string of the molecule is CON=C(C(=O)OC)c1ccccc1CON=C(C)C1CC1c1cccs1. The third-order valence-corrected chi connectivity index (χ3v) is 5.50. The van der Waals surface area contributed by atoms with E-state index in [-0.39, 0.29) is 12.3 Å². The van der Waals surface area contributed by atoms with E-state index in [1.165, 1.54) is 19.1 Å². The lowest BCUT2D eigenvalue weighted by Gasteiger charge is -2.09. The molecule has 3 rings (SSSR count). The average molecular weight is 386 g/mol. The zero-order chi connectivity index (χ0) is 19.2. The van der Waals surface area contributed by atoms with Crippen LogP contribution in [0.25, 0.3) is 0 Å². The van der Waals surface area contributed by atoms with E-state index in [0.717, 1.165) is 17.7 Å². The normalized spacial score (nSPS) is 19.5. The van der Waals surface area contributed by atoms with Crippen LogP contribution in [-0.4, -0.2) is 31.6 Å². The number of esters is 1. The monoisotopic (exact) mass is 386 g/mol. The standard InChI is InChI=1S/C20H22N2O4S/c1-13(16-11-17(16)18-9-6-10-27-18)21-26-12-14-7-4-5-8-15(14)19(22-25-3)20(23)24-2/h4-10,16-17H,11-12H2,1-3H3. The molecule has 2 atom stereocenters. The summed E-state index contributed by atoms with van der Waals surface area (Å²) in [6.45, 7) is 2.22. The van der Waals surface area contributed by atoms with E-state index in [0.29, 0.717) is 17.4 Å². The fraction of sp³-hybridized carbons (Fsp3) is 0.350. The van der Waals surface area contributed by atoms with E-state index in [1.54, 1.807) is 17.4 Å². The molecule has 0 bridgehead atoms. The molecule has 0 amide bonds. The van der Waals surface area contributed by atoms with Crippen LogP contribution < -0.4 is 0 Å². The zero-order valence-electron chi connectivity index (χ0n) is 15.5. The summed E-state index contributed by atoms with van der Waals surface area (Å²) in [5.41, 5.74) is 2.47. The van der Waals surface area contributed by atoms with Gasteiger partial charge < -0.3 is 14.4 Å². The summed E-state index contributed by atoms with van der Waals surface area (Å²) in [4.78, 5) is 23.7. The van der Waals surface area contributed by atoms with E-state index in [2.05, 4.69) is 27.8 Å². The summed E-state index contributed by atoms with van der Waals surface area (Å²) in [7, 11) is 2.69. The maximum atomic E-state index is 12.0. The number of thiophene rings is 1. The van der Waals surface area contributed by atoms with Gasteiger partial charge in [0.05, 0.1) is 12.8 Å². The molecule has 0 aliphatic heterocycles. The summed E-state index contributed by atoms with van der Waals surface area (Å²) in [5, 5.41) is 10.2. The molecule has 142 valence electrons. The first-order chi connectivity index (χ1) is 13.2. The fourth-order valence-electron chi connectivity index (χ4n) is 3.01. The molecule has 1 aliphatic rings. The van der Waals surface area contributed by atoms with Gasteiger partial charge in [-0.25, -0.2) is 4.79 Å². The Morgan fingerprint density at radius 1 is 1.19 bits per heavy atom. The molecule has 2 unspecified atom stereocenters. The first-order valence-corrected chi connectivity index (χ1v) is 9.51. The van der Waals surface area contributed by atoms with E-state index in [9.17, 15) is 4.79 Å². The number of hydrogen-bond acceptors (Lipinski definition) is 7. The van der Waals surface area contributed by atoms with Gasteiger partial charge in [0, 0.05) is 27.8 Å². The van der Waals surface area contributed by atoms with Crippen LogP contribution in [0.5, 0.6) is 0 Å². The quantitative estimate of drug-likeness (QED) is 0.391. The maximum absolute atomic E-state index is 12.0. The van der Waals surface area contributed by atoms with Gasteiger partial charge in [0.1, 0.15) is 13.7 Å². The fourth-order valence-corrected chi connectivity index (χ4v) is 3.91. The number of benzene rings is 1. The van der Waals surface area contributed by atoms with Gasteiger partial charge in [-0.05, 0) is 24.8 Å². The average Bonchev–Trinajstić information content (AvgIpc) is 3.31. The molecular weight excluding hydrogens is 364 g/mol. The predicted octanol–water partition coefficient (Wildman–Crippen LogP) is 3.97. The molecule has 7 heteroatoms. The lowest BCUT2D eigenvalue weighted by atomic mass is 10.0. The minimum Gasteiger partial charge on any atom is -0.464 e. The molecule has 1 aliphatic carbocycles. The Morgan fingerprint density at radius 3 is 2.70 bits per heavy atom. The predicted molar refractivity (Wildman–Crippen MR) is 105 cm³/mol. The molecule has 0 radical (unpaired) electrons. The number of carbonyl (C=O) groups is 1. The smallest absolute Gasteiger partial charge is 0.360 e. The molecule has 0 spiro atoms. The molecule has 0 saturated heterocycles. The van der Waals surface area contributed by atoms with Gasteiger partial charge in [-0.15, -0.1) is 11.3 Å². The summed E-state index contributed by atoms with van der Waals surface area (Å²) >= 11 is 1.79. The van der Waals surface area contributed by atoms with Crippen LogP contribution in [0.1, 0.15) is 35.3 Å². The Kier molecular flexibility index (Phi) is 6.24. The minimum atomic E-state index is -0.569. The molecule has 1 saturated carbocycles. The number of methoxy groups -OCH3 is 1. The van der Waals surface area contributed by atoms with Crippen LogP contribution in [0.15, 0.2) is 52.1 Å². The van der Waals surface area contributed by atoms with E-state index >= 15 is 0 Å². The zero-order valence-corrected chi connectivity index (χ0v) is 16.4. The van der Waals surface area contributed by atoms with Gasteiger partial charge in [0.15, 0.2) is 5.71 Å². The molecule has 27 heavy (non-hydrogen) atoms. The van der Waals surface area contributed by atoms with Gasteiger partial charge >= 0.3 is 5.97 Å². The molecule has 1 fully saturated rings. The van der Waals surface area contributed by atoms with E-state index in [1.807, 2.05) is 25.1 Å². The number of nitrogens with zero attached hydrogens (tertiary/aromatic N) is 2. The number of hydrogen-bond donors (Lipinski definition) is 0. The van der Waals surface area contributed by atoms with Crippen molar-refractivity contribution in [3.8, 4) is 0 Å². The van der Waals surface area contributed by atoms with Gasteiger partial charge in [-0.2, -0.15) is 0 Å². The Hall–Kier alpha value is -2.67. The second-order valence-corrected chi connectivity index (χ2v) is 7.22. The Balaban J connectivity index is 1.66. The Labute approximate surface area is 162 Å². The summed E-state index contributed by atoms with van der Waals surface area (Å²) in [6, 6.07) is 11.6. The lowest BCUT2D eigenvalue weighted by molar-refractivity contribution is -0.132. The van der Waals surface area contributed by atoms with Crippen LogP contribution >= 0.6 is 11.3 Å². The first-order valence-electron chi connectivity index (χ1n) is 8.63. The molecule has 1 aromatic carbocycles.